The average Bonchev–Trinajstić information content (AvgIpc) is 1.99. The van der Waals surface area contributed by atoms with Gasteiger partial charge in [-0.2, -0.15) is 4.99 Å². The number of urea groups is 1. The van der Waals surface area contributed by atoms with E-state index in [2.05, 4.69) is 4.99 Å². The van der Waals surface area contributed by atoms with Crippen molar-refractivity contribution in [1.29, 1.82) is 0 Å². The molecule has 0 atom stereocenters. The quantitative estimate of drug-likeness (QED) is 0.321. The third-order valence-electron chi connectivity index (χ3n) is 0.607. The van der Waals surface area contributed by atoms with Crippen molar-refractivity contribution in [2.45, 2.75) is 13.8 Å². The normalized spacial score (nSPS) is 7.29. The highest BCUT2D eigenvalue weighted by Gasteiger charge is 1.98. The Hall–Kier alpha value is -2.32. The molecule has 0 saturated carbocycles. The van der Waals surface area contributed by atoms with Crippen molar-refractivity contribution < 1.29 is 24.6 Å². The Morgan fingerprint density at radius 3 is 1.29 bits per heavy atom. The largest absolute Gasteiger partial charge is 0.481 e. The smallest absolute Gasteiger partial charge is 0.346 e. The topological polar surface area (TPSA) is 159 Å². The molecule has 0 bridgehead atoms. The van der Waals surface area contributed by atoms with Gasteiger partial charge in [-0.1, -0.05) is 0 Å². The van der Waals surface area contributed by atoms with Crippen molar-refractivity contribution in [2.24, 2.45) is 16.5 Å². The zero-order valence-corrected chi connectivity index (χ0v) is 10.2. The van der Waals surface area contributed by atoms with Crippen molar-refractivity contribution in [1.82, 2.24) is 4.90 Å². The first kappa shape index (κ1) is 20.1. The molecule has 0 heterocycles. The van der Waals surface area contributed by atoms with E-state index in [4.69, 9.17) is 31.3 Å². The van der Waals surface area contributed by atoms with Gasteiger partial charge in [0.1, 0.15) is 0 Å². The summed E-state index contributed by atoms with van der Waals surface area (Å²) in [6.45, 7) is 2.17. The molecule has 0 fully saturated rings. The summed E-state index contributed by atoms with van der Waals surface area (Å²) in [5, 5.41) is 14.8. The Morgan fingerprint density at radius 2 is 1.24 bits per heavy atom. The Kier molecular flexibility index (Phi) is 13.9. The lowest BCUT2D eigenvalue weighted by atomic mass is 10.8. The summed E-state index contributed by atoms with van der Waals surface area (Å²) in [6, 6.07) is -0.449. The molecule has 2 amide bonds. The Morgan fingerprint density at radius 1 is 1.00 bits per heavy atom. The summed E-state index contributed by atoms with van der Waals surface area (Å²) >= 11 is 0. The molecule has 0 rings (SSSR count). The van der Waals surface area contributed by atoms with Crippen LogP contribution in [0, 0.1) is 0 Å². The van der Waals surface area contributed by atoms with Crippen LogP contribution in [-0.2, 0) is 9.59 Å². The van der Waals surface area contributed by atoms with E-state index in [0.29, 0.717) is 0 Å². The van der Waals surface area contributed by atoms with Crippen molar-refractivity contribution in [3.63, 3.8) is 0 Å². The van der Waals surface area contributed by atoms with Crippen molar-refractivity contribution in [3.05, 3.63) is 0 Å². The fourth-order valence-corrected chi connectivity index (χ4v) is 0.210. The van der Waals surface area contributed by atoms with Gasteiger partial charge in [-0.15, -0.1) is 0 Å². The van der Waals surface area contributed by atoms with Crippen LogP contribution in [0.3, 0.4) is 0 Å². The van der Waals surface area contributed by atoms with Crippen molar-refractivity contribution >= 4 is 23.9 Å². The maximum atomic E-state index is 10.5. The monoisotopic (exact) mass is 250 g/mol. The van der Waals surface area contributed by atoms with E-state index in [1.807, 2.05) is 0 Å². The standard InChI is InChI=1S/C4H10N4O.2C2H4O2/c1-8(2)4(9)7-3(5)6;2*1-2(3)4/h1-2H3,(H4,5,6,7,9);2*1H3,(H,3,4). The van der Waals surface area contributed by atoms with Gasteiger partial charge < -0.3 is 26.6 Å². The first-order valence-corrected chi connectivity index (χ1v) is 4.20. The summed E-state index contributed by atoms with van der Waals surface area (Å²) in [6.07, 6.45) is 0. The van der Waals surface area contributed by atoms with Gasteiger partial charge in [0, 0.05) is 27.9 Å². The van der Waals surface area contributed by atoms with Gasteiger partial charge in [0.2, 0.25) is 0 Å². The minimum absolute atomic E-state index is 0.214. The minimum Gasteiger partial charge on any atom is -0.481 e. The van der Waals surface area contributed by atoms with E-state index in [1.165, 1.54) is 4.90 Å². The number of guanidine groups is 1. The van der Waals surface area contributed by atoms with Gasteiger partial charge in [0.15, 0.2) is 5.96 Å². The van der Waals surface area contributed by atoms with Crippen LogP contribution in [-0.4, -0.2) is 53.1 Å². The molecule has 0 aliphatic heterocycles. The number of carboxylic acid groups (broad SMARTS) is 2. The fourth-order valence-electron chi connectivity index (χ4n) is 0.210. The molecule has 0 aliphatic carbocycles. The number of nitrogens with zero attached hydrogens (tertiary/aromatic N) is 2. The molecule has 0 spiro atoms. The minimum atomic E-state index is -0.833. The number of amides is 2. The van der Waals surface area contributed by atoms with Crippen LogP contribution in [0.25, 0.3) is 0 Å². The van der Waals surface area contributed by atoms with E-state index in [9.17, 15) is 4.79 Å². The molecule has 0 aromatic heterocycles. The lowest BCUT2D eigenvalue weighted by molar-refractivity contribution is -0.135. The van der Waals surface area contributed by atoms with Gasteiger partial charge in [-0.25, -0.2) is 4.79 Å². The summed E-state index contributed by atoms with van der Waals surface area (Å²) in [5.41, 5.74) is 9.82. The van der Waals surface area contributed by atoms with Crippen LogP contribution in [0.4, 0.5) is 4.79 Å². The highest BCUT2D eigenvalue weighted by atomic mass is 16.4. The van der Waals surface area contributed by atoms with Crippen LogP contribution in [0.15, 0.2) is 4.99 Å². The number of carboxylic acids is 2. The van der Waals surface area contributed by atoms with Crippen molar-refractivity contribution in [2.75, 3.05) is 14.1 Å². The summed E-state index contributed by atoms with van der Waals surface area (Å²) < 4.78 is 0. The molecule has 0 aromatic carbocycles. The van der Waals surface area contributed by atoms with Crippen LogP contribution in [0.2, 0.25) is 0 Å². The number of aliphatic imine (C=N–C) groups is 1. The predicted molar refractivity (Wildman–Crippen MR) is 61.5 cm³/mol. The average molecular weight is 250 g/mol. The van der Waals surface area contributed by atoms with E-state index >= 15 is 0 Å². The molecule has 17 heavy (non-hydrogen) atoms. The summed E-state index contributed by atoms with van der Waals surface area (Å²) in [7, 11) is 3.13. The molecule has 0 aromatic rings. The molecule has 6 N–H and O–H groups in total. The van der Waals surface area contributed by atoms with Gasteiger partial charge in [0.05, 0.1) is 0 Å². The lowest BCUT2D eigenvalue weighted by Crippen LogP contribution is -2.28. The highest BCUT2D eigenvalue weighted by molar-refractivity contribution is 5.90. The van der Waals surface area contributed by atoms with Gasteiger partial charge in [0.25, 0.3) is 11.9 Å². The molecule has 100 valence electrons. The molecule has 9 heteroatoms. The van der Waals surface area contributed by atoms with E-state index in [-0.39, 0.29) is 5.96 Å². The number of nitrogens with two attached hydrogens (primary N) is 2. The van der Waals surface area contributed by atoms with Gasteiger partial charge in [-0.3, -0.25) is 9.59 Å². The third kappa shape index (κ3) is 57.8. The predicted octanol–water partition coefficient (Wildman–Crippen LogP) is -0.877. The second-order valence-corrected chi connectivity index (χ2v) is 2.75. The molecule has 0 unspecified atom stereocenters. The number of carbonyl (C=O) groups excluding carboxylic acids is 1. The number of hydrogen-bond donors (Lipinski definition) is 4. The summed E-state index contributed by atoms with van der Waals surface area (Å²) in [4.78, 5) is 33.0. The van der Waals surface area contributed by atoms with Crippen LogP contribution >= 0.6 is 0 Å². The Bertz CT molecular complexity index is 264. The van der Waals surface area contributed by atoms with E-state index in [0.717, 1.165) is 13.8 Å². The first-order valence-electron chi connectivity index (χ1n) is 4.20. The van der Waals surface area contributed by atoms with E-state index < -0.39 is 18.0 Å². The van der Waals surface area contributed by atoms with Crippen LogP contribution in [0.1, 0.15) is 13.8 Å². The second kappa shape index (κ2) is 11.8. The Balaban J connectivity index is -0.000000205. The third-order valence-corrected chi connectivity index (χ3v) is 0.607. The fraction of sp³-hybridized carbons (Fsp3) is 0.500. The lowest BCUT2D eigenvalue weighted by Gasteiger charge is -2.03. The summed E-state index contributed by atoms with van der Waals surface area (Å²) in [5.74, 6) is -1.88. The maximum Gasteiger partial charge on any atom is 0.346 e. The number of carbonyl (C=O) groups is 3. The number of aliphatic carboxylic acids is 2. The first-order chi connectivity index (χ1) is 7.50. The van der Waals surface area contributed by atoms with Crippen LogP contribution in [0.5, 0.6) is 0 Å². The molecule has 0 saturated heterocycles. The van der Waals surface area contributed by atoms with Crippen molar-refractivity contribution in [3.8, 4) is 0 Å². The maximum absolute atomic E-state index is 10.5. The van der Waals surface area contributed by atoms with Crippen LogP contribution < -0.4 is 11.5 Å². The second-order valence-electron chi connectivity index (χ2n) is 2.75. The zero-order chi connectivity index (χ0) is 14.6. The molecule has 0 radical (unpaired) electrons. The van der Waals surface area contributed by atoms with Gasteiger partial charge in [-0.05, 0) is 0 Å². The highest BCUT2D eigenvalue weighted by Crippen LogP contribution is 1.80. The van der Waals surface area contributed by atoms with Gasteiger partial charge >= 0.3 is 6.03 Å². The van der Waals surface area contributed by atoms with E-state index in [1.54, 1.807) is 14.1 Å². The molecule has 9 nitrogen and oxygen atoms in total. The molecule has 0 aliphatic rings. The SMILES string of the molecule is CC(=O)O.CC(=O)O.CN(C)C(=O)N=C(N)N. The number of rotatable bonds is 0. The number of hydrogen-bond acceptors (Lipinski definition) is 3. The Labute approximate surface area is 98.7 Å². The zero-order valence-electron chi connectivity index (χ0n) is 10.2. The molecular formula is C8H18N4O5. The molecular weight excluding hydrogens is 232 g/mol.